The molecule has 0 bridgehead atoms. The number of nitrogens with two attached hydrogens (primary N) is 2. The number of esters is 1. The fourth-order valence-electron chi connectivity index (χ4n) is 1.94. The van der Waals surface area contributed by atoms with Gasteiger partial charge in [-0.3, -0.25) is 19.2 Å². The van der Waals surface area contributed by atoms with Crippen LogP contribution in [-0.2, 0) is 30.3 Å². The predicted octanol–water partition coefficient (Wildman–Crippen LogP) is 1.18. The van der Waals surface area contributed by atoms with Crippen molar-refractivity contribution in [3.05, 3.63) is 35.9 Å². The van der Waals surface area contributed by atoms with Crippen molar-refractivity contribution < 1.29 is 34.1 Å². The summed E-state index contributed by atoms with van der Waals surface area (Å²) in [6, 6.07) is 7.57. The Balaban J connectivity index is 0. The van der Waals surface area contributed by atoms with Gasteiger partial charge in [-0.1, -0.05) is 73.2 Å². The molecule has 0 fully saturated rings. The number of aliphatic carboxylic acids is 2. The average molecular weight is 567 g/mol. The van der Waals surface area contributed by atoms with E-state index < -0.39 is 30.1 Å². The molecule has 4 unspecified atom stereocenters. The van der Waals surface area contributed by atoms with Gasteiger partial charge in [0.05, 0.1) is 11.5 Å². The number of nitrogens with one attached hydrogen (secondary N) is 1. The predicted molar refractivity (Wildman–Crippen MR) is 129 cm³/mol. The van der Waals surface area contributed by atoms with Gasteiger partial charge in [-0.25, -0.2) is 0 Å². The van der Waals surface area contributed by atoms with E-state index in [1.165, 1.54) is 14.0 Å². The topological polar surface area (TPSA) is 182 Å². The first-order valence-corrected chi connectivity index (χ1v) is 11.4. The van der Waals surface area contributed by atoms with Crippen molar-refractivity contribution in [3.63, 3.8) is 0 Å². The van der Waals surface area contributed by atoms with Gasteiger partial charge in [0.1, 0.15) is 18.1 Å². The Morgan fingerprint density at radius 1 is 1.06 bits per heavy atom. The molecule has 1 aromatic rings. The lowest BCUT2D eigenvalue weighted by molar-refractivity contribution is -0.142. The highest BCUT2D eigenvalue weighted by Gasteiger charge is 2.17. The van der Waals surface area contributed by atoms with Crippen molar-refractivity contribution in [1.29, 1.82) is 0 Å². The summed E-state index contributed by atoms with van der Waals surface area (Å²) < 4.78 is 4.81. The fraction of sp³-hybridized carbons (Fsp3) is 0.524. The number of hydrogen-bond donors (Lipinski definition) is 5. The van der Waals surface area contributed by atoms with Gasteiger partial charge in [0.15, 0.2) is 0 Å². The van der Waals surface area contributed by atoms with Gasteiger partial charge >= 0.3 is 17.9 Å². The van der Waals surface area contributed by atoms with Crippen molar-refractivity contribution in [2.24, 2.45) is 17.4 Å². The normalized spacial score (nSPS) is 13.5. The number of methoxy groups -OCH3 is 1. The molecule has 0 aliphatic rings. The van der Waals surface area contributed by atoms with Crippen LogP contribution in [0, 0.1) is 5.92 Å². The number of amides is 1. The smallest absolute Gasteiger partial charge is 0.325 e. The van der Waals surface area contributed by atoms with Crippen molar-refractivity contribution >= 4 is 46.4 Å². The van der Waals surface area contributed by atoms with E-state index in [1.807, 2.05) is 66.8 Å². The maximum absolute atomic E-state index is 11.0. The lowest BCUT2D eigenvalue weighted by atomic mass is 10.0. The lowest BCUT2D eigenvalue weighted by Gasteiger charge is -2.11. The first-order valence-electron chi connectivity index (χ1n) is 9.84. The van der Waals surface area contributed by atoms with Gasteiger partial charge in [-0.15, -0.1) is 0 Å². The summed E-state index contributed by atoms with van der Waals surface area (Å²) in [7, 11) is 1.34. The molecule has 0 aliphatic heterocycles. The Kier molecular flexibility index (Phi) is 18.3. The van der Waals surface area contributed by atoms with E-state index in [0.717, 1.165) is 12.0 Å². The molecule has 4 atom stereocenters. The Morgan fingerprint density at radius 2 is 1.59 bits per heavy atom. The third kappa shape index (κ3) is 15.5. The molecule has 0 spiro atoms. The molecule has 0 radical (unpaired) electrons. The minimum atomic E-state index is -1.02. The van der Waals surface area contributed by atoms with Crippen LogP contribution in [0.25, 0.3) is 0 Å². The molecule has 0 saturated carbocycles. The number of ether oxygens (including phenoxy) is 1. The summed E-state index contributed by atoms with van der Waals surface area (Å²) in [4.78, 5) is 41.8. The number of alkyl halides is 1. The maximum Gasteiger partial charge on any atom is 0.325 e. The molecule has 0 aliphatic carbocycles. The molecule has 1 aromatic carbocycles. The molecular weight excluding hydrogens is 533 g/mol. The standard InChI is InChI=1S/C10H13NO2.C6H13NO2.C5H8INO3/c1-13-10(12)9(11)7-8-5-3-2-4-6-8;1-3-4(2)5(7)6(8)9;1-3(5(9)10)7-4(8)2-6/h2-6,9H,7,11H2,1H3;4-5H,3,7H2,1-2H3,(H,8,9);3H,2H2,1H3,(H,7,8)(H,9,10). The first kappa shape index (κ1) is 31.9. The van der Waals surface area contributed by atoms with Gasteiger partial charge in [0, 0.05) is 0 Å². The molecular formula is C21H34IN3O7. The SMILES string of the molecule is CC(NC(=O)CI)C(=O)O.CCC(C)C(N)C(=O)O.COC(=O)C(N)Cc1ccccc1. The number of halogens is 1. The summed E-state index contributed by atoms with van der Waals surface area (Å²) in [5.74, 6) is -2.48. The van der Waals surface area contributed by atoms with Gasteiger partial charge in [-0.05, 0) is 24.8 Å². The zero-order valence-electron chi connectivity index (χ0n) is 18.8. The molecule has 1 rings (SSSR count). The zero-order chi connectivity index (χ0) is 25.3. The Bertz CT molecular complexity index is 704. The summed E-state index contributed by atoms with van der Waals surface area (Å²) in [5, 5.41) is 19.0. The third-order valence-electron chi connectivity index (χ3n) is 4.21. The van der Waals surface area contributed by atoms with Crippen LogP contribution in [0.15, 0.2) is 30.3 Å². The largest absolute Gasteiger partial charge is 0.480 e. The fourth-order valence-corrected chi connectivity index (χ4v) is 2.16. The molecule has 0 aromatic heterocycles. The van der Waals surface area contributed by atoms with Gasteiger partial charge in [0.2, 0.25) is 5.91 Å². The lowest BCUT2D eigenvalue weighted by Crippen LogP contribution is -2.38. The van der Waals surface area contributed by atoms with Crippen LogP contribution < -0.4 is 16.8 Å². The van der Waals surface area contributed by atoms with Crippen LogP contribution in [0.3, 0.4) is 0 Å². The molecule has 7 N–H and O–H groups in total. The van der Waals surface area contributed by atoms with Crippen molar-refractivity contribution in [1.82, 2.24) is 5.32 Å². The monoisotopic (exact) mass is 567 g/mol. The Morgan fingerprint density at radius 3 is 1.94 bits per heavy atom. The number of carboxylic acid groups (broad SMARTS) is 2. The maximum atomic E-state index is 11.0. The minimum absolute atomic E-state index is 0.0718. The molecule has 10 nitrogen and oxygen atoms in total. The third-order valence-corrected chi connectivity index (χ3v) is 4.91. The number of carboxylic acids is 2. The Labute approximate surface area is 202 Å². The highest BCUT2D eigenvalue weighted by molar-refractivity contribution is 14.1. The van der Waals surface area contributed by atoms with Crippen molar-refractivity contribution in [2.45, 2.75) is 51.7 Å². The van der Waals surface area contributed by atoms with Gasteiger partial charge in [-0.2, -0.15) is 0 Å². The summed E-state index contributed by atoms with van der Waals surface area (Å²) >= 11 is 1.87. The number of benzene rings is 1. The first-order chi connectivity index (χ1) is 14.9. The molecule has 182 valence electrons. The molecule has 32 heavy (non-hydrogen) atoms. The van der Waals surface area contributed by atoms with Crippen LogP contribution >= 0.6 is 22.6 Å². The second-order valence-corrected chi connectivity index (χ2v) is 7.59. The van der Waals surface area contributed by atoms with Crippen molar-refractivity contribution in [2.75, 3.05) is 11.5 Å². The summed E-state index contributed by atoms with van der Waals surface area (Å²) in [5.41, 5.74) is 11.9. The number of carbonyl (C=O) groups excluding carboxylic acids is 2. The van der Waals surface area contributed by atoms with Crippen LogP contribution in [0.2, 0.25) is 0 Å². The van der Waals surface area contributed by atoms with E-state index in [9.17, 15) is 19.2 Å². The van der Waals surface area contributed by atoms with Gasteiger partial charge < -0.3 is 31.7 Å². The second-order valence-electron chi connectivity index (χ2n) is 6.83. The molecule has 1 amide bonds. The zero-order valence-corrected chi connectivity index (χ0v) is 20.9. The highest BCUT2D eigenvalue weighted by atomic mass is 127. The van der Waals surface area contributed by atoms with E-state index in [4.69, 9.17) is 21.7 Å². The molecule has 0 heterocycles. The molecule has 0 saturated heterocycles. The van der Waals surface area contributed by atoms with E-state index in [1.54, 1.807) is 0 Å². The minimum Gasteiger partial charge on any atom is -0.480 e. The van der Waals surface area contributed by atoms with Gasteiger partial charge in [0.25, 0.3) is 0 Å². The summed E-state index contributed by atoms with van der Waals surface area (Å²) in [6.07, 6.45) is 1.33. The van der Waals surface area contributed by atoms with Crippen LogP contribution in [0.4, 0.5) is 0 Å². The Hall–Kier alpha value is -2.25. The van der Waals surface area contributed by atoms with E-state index in [-0.39, 0.29) is 22.2 Å². The average Bonchev–Trinajstić information content (AvgIpc) is 2.78. The highest BCUT2D eigenvalue weighted by Crippen LogP contribution is 2.04. The van der Waals surface area contributed by atoms with Crippen LogP contribution in [-0.4, -0.2) is 63.7 Å². The van der Waals surface area contributed by atoms with Crippen LogP contribution in [0.1, 0.15) is 32.8 Å². The van der Waals surface area contributed by atoms with E-state index >= 15 is 0 Å². The summed E-state index contributed by atoms with van der Waals surface area (Å²) in [6.45, 7) is 5.18. The number of rotatable bonds is 9. The second kappa shape index (κ2) is 18.3. The van der Waals surface area contributed by atoms with E-state index in [2.05, 4.69) is 10.1 Å². The van der Waals surface area contributed by atoms with Crippen molar-refractivity contribution in [3.8, 4) is 0 Å². The number of carbonyl (C=O) groups is 4. The van der Waals surface area contributed by atoms with Crippen LogP contribution in [0.5, 0.6) is 0 Å². The quantitative estimate of drug-likeness (QED) is 0.166. The number of hydrogen-bond acceptors (Lipinski definition) is 7. The van der Waals surface area contributed by atoms with E-state index in [0.29, 0.717) is 6.42 Å². The molecule has 11 heteroatoms.